The van der Waals surface area contributed by atoms with E-state index in [1.807, 2.05) is 6.92 Å². The molecule has 0 aromatic carbocycles. The largest absolute Gasteiger partial charge is 0.396 e. The van der Waals surface area contributed by atoms with Gasteiger partial charge in [-0.05, 0) is 6.92 Å². The first-order chi connectivity index (χ1) is 8.45. The van der Waals surface area contributed by atoms with Crippen LogP contribution in [0.2, 0.25) is 0 Å². The number of rotatable bonds is 5. The Morgan fingerprint density at radius 3 is 2.67 bits per heavy atom. The summed E-state index contributed by atoms with van der Waals surface area (Å²) in [4.78, 5) is 24.5. The van der Waals surface area contributed by atoms with Gasteiger partial charge in [-0.15, -0.1) is 0 Å². The quantitative estimate of drug-likeness (QED) is 0.753. The van der Waals surface area contributed by atoms with Crippen LogP contribution in [0.5, 0.6) is 0 Å². The maximum absolute atomic E-state index is 11.8. The first-order valence-corrected chi connectivity index (χ1v) is 5.77. The van der Waals surface area contributed by atoms with Crippen LogP contribution in [0.1, 0.15) is 23.8 Å². The van der Waals surface area contributed by atoms with Crippen LogP contribution in [0.15, 0.2) is 6.20 Å². The number of nitrogen functional groups attached to an aromatic ring is 1. The molecule has 0 saturated heterocycles. The zero-order chi connectivity index (χ0) is 13.7. The molecule has 0 radical (unpaired) electrons. The number of aryl methyl sites for hydroxylation is 1. The van der Waals surface area contributed by atoms with E-state index in [0.717, 1.165) is 0 Å². The van der Waals surface area contributed by atoms with Gasteiger partial charge in [-0.25, -0.2) is 0 Å². The second-order valence-electron chi connectivity index (χ2n) is 4.08. The summed E-state index contributed by atoms with van der Waals surface area (Å²) in [6.07, 6.45) is 1.87. The smallest absolute Gasteiger partial charge is 0.273 e. The van der Waals surface area contributed by atoms with Crippen molar-refractivity contribution in [2.75, 3.05) is 26.4 Å². The van der Waals surface area contributed by atoms with Crippen LogP contribution in [0.3, 0.4) is 0 Å². The van der Waals surface area contributed by atoms with Gasteiger partial charge in [0.05, 0.1) is 5.69 Å². The lowest BCUT2D eigenvalue weighted by Crippen LogP contribution is -2.30. The molecular formula is C11H19N5O2. The Morgan fingerprint density at radius 2 is 2.17 bits per heavy atom. The average molecular weight is 253 g/mol. The summed E-state index contributed by atoms with van der Waals surface area (Å²) in [5, 5.41) is 6.67. The van der Waals surface area contributed by atoms with Crippen molar-refractivity contribution in [1.29, 1.82) is 0 Å². The third-order valence-electron chi connectivity index (χ3n) is 2.45. The molecule has 3 N–H and O–H groups in total. The van der Waals surface area contributed by atoms with Gasteiger partial charge in [-0.1, -0.05) is 0 Å². The molecule has 0 saturated carbocycles. The van der Waals surface area contributed by atoms with Crippen LogP contribution >= 0.6 is 0 Å². The molecule has 0 fully saturated rings. The van der Waals surface area contributed by atoms with Crippen LogP contribution in [-0.4, -0.2) is 47.1 Å². The number of nitrogens with two attached hydrogens (primary N) is 1. The lowest BCUT2D eigenvalue weighted by Gasteiger charge is -2.10. The fourth-order valence-electron chi connectivity index (χ4n) is 1.37. The maximum atomic E-state index is 11.8. The molecular weight excluding hydrogens is 234 g/mol. The molecule has 100 valence electrons. The molecule has 2 amide bonds. The number of carbonyl (C=O) groups is 2. The zero-order valence-corrected chi connectivity index (χ0v) is 10.9. The van der Waals surface area contributed by atoms with Crippen LogP contribution in [0.4, 0.5) is 5.69 Å². The molecule has 7 heteroatoms. The fourth-order valence-corrected chi connectivity index (χ4v) is 1.37. The minimum Gasteiger partial charge on any atom is -0.396 e. The molecule has 0 aliphatic heterocycles. The number of amides is 2. The van der Waals surface area contributed by atoms with Crippen molar-refractivity contribution in [2.24, 2.45) is 0 Å². The van der Waals surface area contributed by atoms with Crippen molar-refractivity contribution >= 4 is 17.5 Å². The van der Waals surface area contributed by atoms with Crippen molar-refractivity contribution in [2.45, 2.75) is 19.9 Å². The van der Waals surface area contributed by atoms with E-state index in [-0.39, 0.29) is 30.5 Å². The fraction of sp³-hybridized carbons (Fsp3) is 0.545. The highest BCUT2D eigenvalue weighted by atomic mass is 16.2. The van der Waals surface area contributed by atoms with E-state index >= 15 is 0 Å². The van der Waals surface area contributed by atoms with Gasteiger partial charge in [0.25, 0.3) is 5.91 Å². The molecule has 0 aliphatic rings. The first-order valence-electron chi connectivity index (χ1n) is 5.77. The Labute approximate surface area is 106 Å². The Balaban J connectivity index is 2.50. The van der Waals surface area contributed by atoms with E-state index in [1.54, 1.807) is 25.0 Å². The average Bonchev–Trinajstić information content (AvgIpc) is 2.70. The van der Waals surface area contributed by atoms with Crippen molar-refractivity contribution in [1.82, 2.24) is 20.0 Å². The molecule has 1 aromatic heterocycles. The molecule has 0 spiro atoms. The van der Waals surface area contributed by atoms with E-state index in [4.69, 9.17) is 5.73 Å². The van der Waals surface area contributed by atoms with Crippen molar-refractivity contribution in [3.05, 3.63) is 11.9 Å². The number of hydrogen-bond donors (Lipinski definition) is 2. The molecule has 0 atom stereocenters. The van der Waals surface area contributed by atoms with Gasteiger partial charge in [-0.3, -0.25) is 14.3 Å². The highest BCUT2D eigenvalue weighted by molar-refractivity contribution is 5.97. The predicted molar refractivity (Wildman–Crippen MR) is 68.0 cm³/mol. The second kappa shape index (κ2) is 6.04. The number of nitrogens with zero attached hydrogens (tertiary/aromatic N) is 3. The van der Waals surface area contributed by atoms with E-state index in [1.165, 1.54) is 4.90 Å². The maximum Gasteiger partial charge on any atom is 0.273 e. The van der Waals surface area contributed by atoms with E-state index in [9.17, 15) is 9.59 Å². The molecule has 0 aliphatic carbocycles. The molecule has 1 heterocycles. The topological polar surface area (TPSA) is 93.2 Å². The summed E-state index contributed by atoms with van der Waals surface area (Å²) >= 11 is 0. The number of carbonyl (C=O) groups excluding carboxylic acids is 2. The summed E-state index contributed by atoms with van der Waals surface area (Å²) in [7, 11) is 3.34. The first kappa shape index (κ1) is 14.0. The molecule has 1 aromatic rings. The summed E-state index contributed by atoms with van der Waals surface area (Å²) in [6.45, 7) is 2.83. The van der Waals surface area contributed by atoms with E-state index in [2.05, 4.69) is 10.4 Å². The van der Waals surface area contributed by atoms with E-state index in [0.29, 0.717) is 12.2 Å². The van der Waals surface area contributed by atoms with Crippen molar-refractivity contribution in [3.8, 4) is 0 Å². The monoisotopic (exact) mass is 253 g/mol. The van der Waals surface area contributed by atoms with Gasteiger partial charge in [0, 0.05) is 39.8 Å². The standard InChI is InChI=1S/C11H19N5O2/c1-4-16-7-8(12)10(14-16)11(18)13-6-5-9(17)15(2)3/h7H,4-6,12H2,1-3H3,(H,13,18). The minimum atomic E-state index is -0.355. The Bertz CT molecular complexity index is 439. The SMILES string of the molecule is CCn1cc(N)c(C(=O)NCCC(=O)N(C)C)n1. The Kier molecular flexibility index (Phi) is 4.70. The molecule has 18 heavy (non-hydrogen) atoms. The minimum absolute atomic E-state index is 0.0395. The van der Waals surface area contributed by atoms with Gasteiger partial charge in [-0.2, -0.15) is 5.10 Å². The van der Waals surface area contributed by atoms with Gasteiger partial charge in [0.1, 0.15) is 0 Å². The van der Waals surface area contributed by atoms with Gasteiger partial charge >= 0.3 is 0 Å². The zero-order valence-electron chi connectivity index (χ0n) is 10.9. The second-order valence-corrected chi connectivity index (χ2v) is 4.08. The third kappa shape index (κ3) is 3.47. The number of hydrogen-bond acceptors (Lipinski definition) is 4. The molecule has 1 rings (SSSR count). The predicted octanol–water partition coefficient (Wildman–Crippen LogP) is -0.307. The lowest BCUT2D eigenvalue weighted by molar-refractivity contribution is -0.128. The summed E-state index contributed by atoms with van der Waals surface area (Å²) in [5.74, 6) is -0.395. The van der Waals surface area contributed by atoms with Crippen LogP contribution in [0.25, 0.3) is 0 Å². The highest BCUT2D eigenvalue weighted by Gasteiger charge is 2.14. The summed E-state index contributed by atoms with van der Waals surface area (Å²) < 4.78 is 1.59. The summed E-state index contributed by atoms with van der Waals surface area (Å²) in [5.41, 5.74) is 6.22. The molecule has 7 nitrogen and oxygen atoms in total. The van der Waals surface area contributed by atoms with Crippen LogP contribution in [-0.2, 0) is 11.3 Å². The lowest BCUT2D eigenvalue weighted by atomic mass is 10.3. The molecule has 0 unspecified atom stereocenters. The van der Waals surface area contributed by atoms with Crippen LogP contribution < -0.4 is 11.1 Å². The Morgan fingerprint density at radius 1 is 1.50 bits per heavy atom. The van der Waals surface area contributed by atoms with Gasteiger partial charge in [0.15, 0.2) is 5.69 Å². The Hall–Kier alpha value is -2.05. The van der Waals surface area contributed by atoms with Crippen molar-refractivity contribution in [3.63, 3.8) is 0 Å². The van der Waals surface area contributed by atoms with Crippen LogP contribution in [0, 0.1) is 0 Å². The van der Waals surface area contributed by atoms with Crippen molar-refractivity contribution < 1.29 is 9.59 Å². The normalized spacial score (nSPS) is 10.2. The summed E-state index contributed by atoms with van der Waals surface area (Å²) in [6, 6.07) is 0. The molecule has 0 bridgehead atoms. The third-order valence-corrected chi connectivity index (χ3v) is 2.45. The number of nitrogens with one attached hydrogen (secondary N) is 1. The van der Waals surface area contributed by atoms with E-state index < -0.39 is 0 Å². The number of aromatic nitrogens is 2. The number of anilines is 1. The van der Waals surface area contributed by atoms with Gasteiger partial charge in [0.2, 0.25) is 5.91 Å². The van der Waals surface area contributed by atoms with Gasteiger partial charge < -0.3 is 16.0 Å². The highest BCUT2D eigenvalue weighted by Crippen LogP contribution is 2.08.